The van der Waals surface area contributed by atoms with Gasteiger partial charge in [0.25, 0.3) is 5.91 Å². The zero-order chi connectivity index (χ0) is 12.4. The highest BCUT2D eigenvalue weighted by atomic mass is 127. The van der Waals surface area contributed by atoms with Crippen LogP contribution in [0.15, 0.2) is 30.5 Å². The third-order valence-electron chi connectivity index (χ3n) is 2.16. The molecule has 1 aromatic heterocycles. The van der Waals surface area contributed by atoms with Crippen molar-refractivity contribution in [2.75, 3.05) is 5.32 Å². The lowest BCUT2D eigenvalue weighted by atomic mass is 10.2. The fraction of sp³-hybridized carbons (Fsp3) is 0.0909. The maximum atomic E-state index is 11.8. The molecule has 6 heteroatoms. The molecule has 0 aliphatic rings. The summed E-state index contributed by atoms with van der Waals surface area (Å²) >= 11 is 1.99. The number of carbonyl (C=O) groups is 1. The lowest BCUT2D eigenvalue weighted by molar-refractivity contribution is 0.102. The lowest BCUT2D eigenvalue weighted by Crippen LogP contribution is -2.12. The van der Waals surface area contributed by atoms with Crippen LogP contribution in [0, 0.1) is 3.57 Å². The van der Waals surface area contributed by atoms with E-state index >= 15 is 0 Å². The van der Waals surface area contributed by atoms with Gasteiger partial charge >= 0.3 is 0 Å². The summed E-state index contributed by atoms with van der Waals surface area (Å²) in [5, 5.41) is 16.2. The van der Waals surface area contributed by atoms with Crippen LogP contribution in [0.3, 0.4) is 0 Å². The van der Waals surface area contributed by atoms with Crippen LogP contribution in [-0.4, -0.2) is 20.8 Å². The monoisotopic (exact) mass is 343 g/mol. The Labute approximate surface area is 112 Å². The Morgan fingerprint density at radius 1 is 1.47 bits per heavy atom. The van der Waals surface area contributed by atoms with Crippen molar-refractivity contribution in [2.45, 2.75) is 0 Å². The van der Waals surface area contributed by atoms with Gasteiger partial charge in [-0.2, -0.15) is 5.10 Å². The van der Waals surface area contributed by atoms with E-state index in [-0.39, 0.29) is 11.7 Å². The molecule has 0 radical (unpaired) electrons. The Morgan fingerprint density at radius 2 is 2.24 bits per heavy atom. The zero-order valence-corrected chi connectivity index (χ0v) is 11.2. The maximum absolute atomic E-state index is 11.8. The van der Waals surface area contributed by atoms with Crippen LogP contribution in [0.1, 0.15) is 10.4 Å². The molecule has 2 rings (SSSR count). The summed E-state index contributed by atoms with van der Waals surface area (Å²) in [6, 6.07) is 6.47. The van der Waals surface area contributed by atoms with Gasteiger partial charge < -0.3 is 10.4 Å². The number of phenolic OH excluding ortho intramolecular Hbond substituents is 1. The molecule has 0 spiro atoms. The molecule has 2 aromatic rings. The van der Waals surface area contributed by atoms with E-state index in [0.717, 1.165) is 0 Å². The molecular formula is C11H10IN3O2. The van der Waals surface area contributed by atoms with Crippen molar-refractivity contribution in [3.05, 3.63) is 39.6 Å². The first-order chi connectivity index (χ1) is 8.06. The van der Waals surface area contributed by atoms with Crippen LogP contribution in [0.5, 0.6) is 5.75 Å². The summed E-state index contributed by atoms with van der Waals surface area (Å²) in [7, 11) is 1.77. The summed E-state index contributed by atoms with van der Waals surface area (Å²) in [4.78, 5) is 11.8. The van der Waals surface area contributed by atoms with Gasteiger partial charge in [-0.3, -0.25) is 9.48 Å². The zero-order valence-electron chi connectivity index (χ0n) is 9.01. The molecule has 0 unspecified atom stereocenters. The first-order valence-electron chi connectivity index (χ1n) is 4.86. The highest BCUT2D eigenvalue weighted by Gasteiger charge is 2.09. The number of aromatic nitrogens is 2. The van der Waals surface area contributed by atoms with E-state index in [0.29, 0.717) is 15.0 Å². The Hall–Kier alpha value is -1.57. The van der Waals surface area contributed by atoms with Crippen molar-refractivity contribution < 1.29 is 9.90 Å². The number of aromatic hydroxyl groups is 1. The average Bonchev–Trinajstić information content (AvgIpc) is 2.68. The van der Waals surface area contributed by atoms with E-state index in [1.165, 1.54) is 6.07 Å². The molecule has 2 N–H and O–H groups in total. The van der Waals surface area contributed by atoms with E-state index in [9.17, 15) is 9.90 Å². The van der Waals surface area contributed by atoms with Crippen LogP contribution in [-0.2, 0) is 7.05 Å². The lowest BCUT2D eigenvalue weighted by Gasteiger charge is -2.03. The minimum Gasteiger partial charge on any atom is -0.507 e. The van der Waals surface area contributed by atoms with E-state index in [1.807, 2.05) is 22.6 Å². The van der Waals surface area contributed by atoms with Gasteiger partial charge in [-0.15, -0.1) is 0 Å². The number of carbonyl (C=O) groups excluding carboxylic acids is 1. The molecule has 0 saturated heterocycles. The van der Waals surface area contributed by atoms with Crippen molar-refractivity contribution >= 4 is 34.3 Å². The largest absolute Gasteiger partial charge is 0.507 e. The minimum absolute atomic E-state index is 0.0965. The summed E-state index contributed by atoms with van der Waals surface area (Å²) in [6.07, 6.45) is 1.74. The maximum Gasteiger partial charge on any atom is 0.256 e. The number of halogens is 1. The summed E-state index contributed by atoms with van der Waals surface area (Å²) in [5.41, 5.74) is 0.397. The number of phenols is 1. The number of hydrogen-bond donors (Lipinski definition) is 2. The molecule has 0 aliphatic heterocycles. The van der Waals surface area contributed by atoms with Crippen molar-refractivity contribution in [2.24, 2.45) is 7.05 Å². The smallest absolute Gasteiger partial charge is 0.256 e. The third-order valence-corrected chi connectivity index (χ3v) is 3.08. The predicted octanol–water partition coefficient (Wildman–Crippen LogP) is 1.98. The second-order valence-electron chi connectivity index (χ2n) is 3.49. The number of hydrogen-bond acceptors (Lipinski definition) is 3. The summed E-state index contributed by atoms with van der Waals surface area (Å²) in [5.74, 6) is 0.283. The van der Waals surface area contributed by atoms with Crippen molar-refractivity contribution in [3.63, 3.8) is 0 Å². The summed E-state index contributed by atoms with van der Waals surface area (Å²) < 4.78 is 2.30. The van der Waals surface area contributed by atoms with Gasteiger partial charge in [0, 0.05) is 24.9 Å². The summed E-state index contributed by atoms with van der Waals surface area (Å²) in [6.45, 7) is 0. The van der Waals surface area contributed by atoms with Gasteiger partial charge in [0.2, 0.25) is 0 Å². The van der Waals surface area contributed by atoms with Gasteiger partial charge in [-0.05, 0) is 40.8 Å². The van der Waals surface area contributed by atoms with Crippen LogP contribution in [0.25, 0.3) is 0 Å². The van der Waals surface area contributed by atoms with Crippen LogP contribution in [0.4, 0.5) is 5.82 Å². The molecule has 1 aromatic carbocycles. The van der Waals surface area contributed by atoms with E-state index in [1.54, 1.807) is 36.1 Å². The van der Waals surface area contributed by atoms with Crippen LogP contribution >= 0.6 is 22.6 Å². The number of benzene rings is 1. The fourth-order valence-electron chi connectivity index (χ4n) is 1.32. The fourth-order valence-corrected chi connectivity index (χ4v) is 1.66. The first-order valence-corrected chi connectivity index (χ1v) is 5.93. The highest BCUT2D eigenvalue weighted by molar-refractivity contribution is 14.1. The quantitative estimate of drug-likeness (QED) is 0.820. The Kier molecular flexibility index (Phi) is 3.32. The molecule has 0 atom stereocenters. The molecule has 1 amide bonds. The number of nitrogens with zero attached hydrogens (tertiary/aromatic N) is 2. The SMILES string of the molecule is Cn1ccc(NC(=O)c2ccc(I)c(O)c2)n1. The molecule has 0 fully saturated rings. The molecule has 17 heavy (non-hydrogen) atoms. The average molecular weight is 343 g/mol. The van der Waals surface area contributed by atoms with Gasteiger partial charge in [-0.1, -0.05) is 0 Å². The molecule has 0 aliphatic carbocycles. The predicted molar refractivity (Wildman–Crippen MR) is 72.0 cm³/mol. The van der Waals surface area contributed by atoms with Gasteiger partial charge in [-0.25, -0.2) is 0 Å². The van der Waals surface area contributed by atoms with Gasteiger partial charge in [0.15, 0.2) is 5.82 Å². The normalized spacial score (nSPS) is 10.2. The first kappa shape index (κ1) is 11.9. The second-order valence-corrected chi connectivity index (χ2v) is 4.66. The molecule has 88 valence electrons. The van der Waals surface area contributed by atoms with E-state index in [2.05, 4.69) is 10.4 Å². The van der Waals surface area contributed by atoms with E-state index in [4.69, 9.17) is 0 Å². The number of rotatable bonds is 2. The molecule has 1 heterocycles. The molecule has 0 saturated carbocycles. The number of nitrogens with one attached hydrogen (secondary N) is 1. The standard InChI is InChI=1S/C11H10IN3O2/c1-15-5-4-10(14-15)13-11(17)7-2-3-8(12)9(16)6-7/h2-6,16H,1H3,(H,13,14,17). The van der Waals surface area contributed by atoms with Crippen molar-refractivity contribution in [1.29, 1.82) is 0 Å². The van der Waals surface area contributed by atoms with Crippen LogP contribution in [0.2, 0.25) is 0 Å². The Bertz CT molecular complexity index is 566. The third kappa shape index (κ3) is 2.76. The second kappa shape index (κ2) is 4.74. The van der Waals surface area contributed by atoms with Crippen molar-refractivity contribution in [3.8, 4) is 5.75 Å². The van der Waals surface area contributed by atoms with E-state index < -0.39 is 0 Å². The number of aryl methyl sites for hydroxylation is 1. The van der Waals surface area contributed by atoms with Gasteiger partial charge in [0.05, 0.1) is 3.57 Å². The molecule has 0 bridgehead atoms. The Balaban J connectivity index is 2.17. The highest BCUT2D eigenvalue weighted by Crippen LogP contribution is 2.20. The van der Waals surface area contributed by atoms with Crippen LogP contribution < -0.4 is 5.32 Å². The molecular weight excluding hydrogens is 333 g/mol. The number of anilines is 1. The molecule has 5 nitrogen and oxygen atoms in total. The van der Waals surface area contributed by atoms with Crippen molar-refractivity contribution in [1.82, 2.24) is 9.78 Å². The topological polar surface area (TPSA) is 67.2 Å². The minimum atomic E-state index is -0.296. The Morgan fingerprint density at radius 3 is 2.82 bits per heavy atom. The number of amides is 1. The van der Waals surface area contributed by atoms with Gasteiger partial charge in [0.1, 0.15) is 5.75 Å².